The molecule has 0 aliphatic heterocycles. The maximum absolute atomic E-state index is 4.05. The lowest BCUT2D eigenvalue weighted by atomic mass is 10.1. The van der Waals surface area contributed by atoms with E-state index in [1.807, 2.05) is 13.8 Å². The first-order chi connectivity index (χ1) is 6.25. The molecular weight excluding hydrogens is 156 g/mol. The van der Waals surface area contributed by atoms with Gasteiger partial charge in [-0.2, -0.15) is 0 Å². The van der Waals surface area contributed by atoms with Crippen molar-refractivity contribution >= 4 is 0 Å². The lowest BCUT2D eigenvalue weighted by Crippen LogP contribution is -1.81. The minimum atomic E-state index is 1.20. The normalized spacial score (nSPS) is 20.2. The van der Waals surface area contributed by atoms with E-state index in [4.69, 9.17) is 0 Å². The van der Waals surface area contributed by atoms with Gasteiger partial charge >= 0.3 is 0 Å². The quantitative estimate of drug-likeness (QED) is 0.548. The first-order valence-corrected chi connectivity index (χ1v) is 5.26. The molecule has 0 heteroatoms. The van der Waals surface area contributed by atoms with Gasteiger partial charge in [0.1, 0.15) is 0 Å². The number of hydrogen-bond donors (Lipinski definition) is 0. The zero-order chi connectivity index (χ0) is 10.3. The van der Waals surface area contributed by atoms with Crippen LogP contribution >= 0.6 is 0 Å². The molecule has 0 unspecified atom stereocenters. The molecule has 1 aliphatic carbocycles. The maximum atomic E-state index is 4.05. The van der Waals surface area contributed by atoms with Crippen LogP contribution < -0.4 is 0 Å². The van der Waals surface area contributed by atoms with E-state index in [-0.39, 0.29) is 0 Å². The van der Waals surface area contributed by atoms with Gasteiger partial charge in [0.15, 0.2) is 0 Å². The first kappa shape index (κ1) is 12.2. The molecule has 1 aliphatic rings. The van der Waals surface area contributed by atoms with Gasteiger partial charge in [-0.05, 0) is 44.3 Å². The maximum Gasteiger partial charge on any atom is -0.0271 e. The summed E-state index contributed by atoms with van der Waals surface area (Å²) >= 11 is 0. The standard InChI is InChI=1S/C11H16.C2H6/c1-4-6-9(2)11-8-5-7-10(11)3;1-2/h4,6H,3,5,7-8H2,1-2H3;1-2H3/b6-4-,11-9-;. The van der Waals surface area contributed by atoms with Crippen LogP contribution in [0.5, 0.6) is 0 Å². The molecule has 0 saturated heterocycles. The Hall–Kier alpha value is -0.780. The Balaban J connectivity index is 0.000000671. The highest BCUT2D eigenvalue weighted by Gasteiger charge is 2.12. The fraction of sp³-hybridized carbons (Fsp3) is 0.538. The lowest BCUT2D eigenvalue weighted by molar-refractivity contribution is 0.931. The molecule has 0 aromatic heterocycles. The van der Waals surface area contributed by atoms with E-state index in [1.54, 1.807) is 0 Å². The second kappa shape index (κ2) is 6.71. The largest absolute Gasteiger partial charge is 0.0955 e. The third-order valence-corrected chi connectivity index (χ3v) is 2.22. The van der Waals surface area contributed by atoms with Crippen LogP contribution in [0.4, 0.5) is 0 Å². The predicted octanol–water partition coefficient (Wildman–Crippen LogP) is 4.65. The molecular formula is C13H22. The molecule has 1 saturated carbocycles. The Morgan fingerprint density at radius 1 is 1.31 bits per heavy atom. The van der Waals surface area contributed by atoms with Gasteiger partial charge in [0.05, 0.1) is 0 Å². The van der Waals surface area contributed by atoms with Crippen LogP contribution in [-0.4, -0.2) is 0 Å². The SMILES string of the molecule is C=C1CCC/C1=C(C)/C=C\C.CC. The zero-order valence-electron chi connectivity index (χ0n) is 9.48. The van der Waals surface area contributed by atoms with Crippen molar-refractivity contribution < 1.29 is 0 Å². The Bertz CT molecular complexity index is 216. The molecule has 0 spiro atoms. The summed E-state index contributed by atoms with van der Waals surface area (Å²) in [4.78, 5) is 0. The van der Waals surface area contributed by atoms with Crippen molar-refractivity contribution in [1.29, 1.82) is 0 Å². The molecule has 0 heterocycles. The third-order valence-electron chi connectivity index (χ3n) is 2.22. The van der Waals surface area contributed by atoms with Crippen molar-refractivity contribution in [3.63, 3.8) is 0 Å². The lowest BCUT2D eigenvalue weighted by Gasteiger charge is -2.01. The summed E-state index contributed by atoms with van der Waals surface area (Å²) in [5.74, 6) is 0. The number of hydrogen-bond acceptors (Lipinski definition) is 0. The third kappa shape index (κ3) is 3.63. The summed E-state index contributed by atoms with van der Waals surface area (Å²) < 4.78 is 0. The van der Waals surface area contributed by atoms with Crippen LogP contribution in [0.2, 0.25) is 0 Å². The van der Waals surface area contributed by atoms with E-state index in [1.165, 1.54) is 36.0 Å². The minimum Gasteiger partial charge on any atom is -0.0955 e. The second-order valence-electron chi connectivity index (χ2n) is 3.12. The average molecular weight is 178 g/mol. The van der Waals surface area contributed by atoms with Gasteiger partial charge in [-0.15, -0.1) is 0 Å². The van der Waals surface area contributed by atoms with E-state index in [2.05, 4.69) is 32.6 Å². The first-order valence-electron chi connectivity index (χ1n) is 5.26. The molecule has 0 atom stereocenters. The number of rotatable bonds is 1. The van der Waals surface area contributed by atoms with Gasteiger partial charge < -0.3 is 0 Å². The van der Waals surface area contributed by atoms with Crippen molar-refractivity contribution in [1.82, 2.24) is 0 Å². The highest BCUT2D eigenvalue weighted by molar-refractivity contribution is 5.40. The van der Waals surface area contributed by atoms with E-state index in [0.717, 1.165) is 0 Å². The molecule has 0 N–H and O–H groups in total. The van der Waals surface area contributed by atoms with Crippen LogP contribution in [-0.2, 0) is 0 Å². The Kier molecular flexibility index (Phi) is 6.30. The average Bonchev–Trinajstić information content (AvgIpc) is 2.55. The van der Waals surface area contributed by atoms with E-state index >= 15 is 0 Å². The molecule has 1 rings (SSSR count). The van der Waals surface area contributed by atoms with Crippen LogP contribution in [0.25, 0.3) is 0 Å². The molecule has 1 fully saturated rings. The van der Waals surface area contributed by atoms with Gasteiger partial charge in [-0.3, -0.25) is 0 Å². The monoisotopic (exact) mass is 178 g/mol. The summed E-state index contributed by atoms with van der Waals surface area (Å²) in [5, 5.41) is 0. The molecule has 0 nitrogen and oxygen atoms in total. The summed E-state index contributed by atoms with van der Waals surface area (Å²) in [7, 11) is 0. The summed E-state index contributed by atoms with van der Waals surface area (Å²) in [5.41, 5.74) is 4.23. The van der Waals surface area contributed by atoms with Crippen molar-refractivity contribution in [3.8, 4) is 0 Å². The molecule has 0 aromatic rings. The zero-order valence-corrected chi connectivity index (χ0v) is 9.48. The molecule has 13 heavy (non-hydrogen) atoms. The fourth-order valence-corrected chi connectivity index (χ4v) is 1.63. The van der Waals surface area contributed by atoms with Crippen LogP contribution in [0, 0.1) is 0 Å². The van der Waals surface area contributed by atoms with Crippen LogP contribution in [0.15, 0.2) is 35.5 Å². The fourth-order valence-electron chi connectivity index (χ4n) is 1.63. The van der Waals surface area contributed by atoms with Gasteiger partial charge in [-0.1, -0.05) is 38.2 Å². The highest BCUT2D eigenvalue weighted by Crippen LogP contribution is 2.31. The van der Waals surface area contributed by atoms with Crippen molar-refractivity contribution in [2.75, 3.05) is 0 Å². The van der Waals surface area contributed by atoms with Crippen molar-refractivity contribution in [2.45, 2.75) is 47.0 Å². The predicted molar refractivity (Wildman–Crippen MR) is 61.9 cm³/mol. The highest BCUT2D eigenvalue weighted by atomic mass is 14.2. The number of allylic oxidation sites excluding steroid dienone is 5. The molecule has 0 amide bonds. The van der Waals surface area contributed by atoms with Crippen LogP contribution in [0.3, 0.4) is 0 Å². The molecule has 0 aromatic carbocycles. The van der Waals surface area contributed by atoms with Gasteiger partial charge in [-0.25, -0.2) is 0 Å². The van der Waals surface area contributed by atoms with Gasteiger partial charge in [0.2, 0.25) is 0 Å². The summed E-state index contributed by atoms with van der Waals surface area (Å²) in [6.07, 6.45) is 7.99. The van der Waals surface area contributed by atoms with E-state index < -0.39 is 0 Å². The molecule has 0 bridgehead atoms. The summed E-state index contributed by atoms with van der Waals surface area (Å²) in [6.45, 7) is 12.3. The van der Waals surface area contributed by atoms with Crippen LogP contribution in [0.1, 0.15) is 47.0 Å². The molecule has 0 radical (unpaired) electrons. The second-order valence-corrected chi connectivity index (χ2v) is 3.12. The van der Waals surface area contributed by atoms with Gasteiger partial charge in [0, 0.05) is 0 Å². The van der Waals surface area contributed by atoms with E-state index in [0.29, 0.717) is 0 Å². The van der Waals surface area contributed by atoms with E-state index in [9.17, 15) is 0 Å². The van der Waals surface area contributed by atoms with Gasteiger partial charge in [0.25, 0.3) is 0 Å². The minimum absolute atomic E-state index is 1.20. The Morgan fingerprint density at radius 2 is 1.92 bits per heavy atom. The summed E-state index contributed by atoms with van der Waals surface area (Å²) in [6, 6.07) is 0. The topological polar surface area (TPSA) is 0 Å². The molecule has 74 valence electrons. The smallest absolute Gasteiger partial charge is 0.0271 e. The van der Waals surface area contributed by atoms with Crippen molar-refractivity contribution in [3.05, 3.63) is 35.5 Å². The Morgan fingerprint density at radius 3 is 2.31 bits per heavy atom. The van der Waals surface area contributed by atoms with Crippen molar-refractivity contribution in [2.24, 2.45) is 0 Å². The Labute approximate surface area is 83.0 Å².